The molecule has 0 fully saturated rings. The summed E-state index contributed by atoms with van der Waals surface area (Å²) >= 11 is 7.35. The minimum atomic E-state index is -0.107. The van der Waals surface area contributed by atoms with Crippen molar-refractivity contribution in [2.24, 2.45) is 0 Å². The lowest BCUT2D eigenvalue weighted by Gasteiger charge is -2.19. The summed E-state index contributed by atoms with van der Waals surface area (Å²) in [6.07, 6.45) is 0. The van der Waals surface area contributed by atoms with Gasteiger partial charge < -0.3 is 19.1 Å². The highest BCUT2D eigenvalue weighted by atomic mass is 35.5. The topological polar surface area (TPSA) is 48.0 Å². The molecule has 0 aliphatic carbocycles. The van der Waals surface area contributed by atoms with E-state index in [0.29, 0.717) is 41.3 Å². The number of amides is 1. The van der Waals surface area contributed by atoms with Crippen LogP contribution in [0.5, 0.6) is 17.2 Å². The fraction of sp³-hybridized carbons (Fsp3) is 0.312. The van der Waals surface area contributed by atoms with Gasteiger partial charge in [0.05, 0.1) is 10.9 Å². The van der Waals surface area contributed by atoms with Crippen LogP contribution in [0.25, 0.3) is 0 Å². The standard InChI is InChI=1S/C16H16ClNO4S/c1-18(9-12-3-5-15(17)23-12)16(19)10-22-11-2-4-13-14(8-11)21-7-6-20-13/h2-5,8H,6-7,9-10H2,1H3. The van der Waals surface area contributed by atoms with Crippen molar-refractivity contribution in [1.29, 1.82) is 0 Å². The maximum atomic E-state index is 12.1. The molecular formula is C16H16ClNO4S. The molecule has 7 heteroatoms. The summed E-state index contributed by atoms with van der Waals surface area (Å²) in [4.78, 5) is 14.8. The lowest BCUT2D eigenvalue weighted by molar-refractivity contribution is -0.132. The third kappa shape index (κ3) is 4.09. The van der Waals surface area contributed by atoms with Crippen LogP contribution in [0.1, 0.15) is 4.88 Å². The highest BCUT2D eigenvalue weighted by molar-refractivity contribution is 7.16. The normalized spacial score (nSPS) is 12.8. The third-order valence-electron chi connectivity index (χ3n) is 3.32. The summed E-state index contributed by atoms with van der Waals surface area (Å²) in [5, 5.41) is 0. The number of likely N-dealkylation sites (N-methyl/N-ethyl adjacent to an activating group) is 1. The van der Waals surface area contributed by atoms with Gasteiger partial charge >= 0.3 is 0 Å². The van der Waals surface area contributed by atoms with Gasteiger partial charge in [0.25, 0.3) is 5.91 Å². The second-order valence-electron chi connectivity index (χ2n) is 5.05. The van der Waals surface area contributed by atoms with Gasteiger partial charge in [-0.3, -0.25) is 4.79 Å². The summed E-state index contributed by atoms with van der Waals surface area (Å²) in [7, 11) is 1.74. The molecular weight excluding hydrogens is 338 g/mol. The number of hydrogen-bond donors (Lipinski definition) is 0. The second-order valence-corrected chi connectivity index (χ2v) is 6.85. The molecule has 1 aromatic carbocycles. The molecule has 0 spiro atoms. The first-order valence-corrected chi connectivity index (χ1v) is 8.32. The van der Waals surface area contributed by atoms with Crippen LogP contribution in [-0.4, -0.2) is 37.7 Å². The SMILES string of the molecule is CN(Cc1ccc(Cl)s1)C(=O)COc1ccc2c(c1)OCCO2. The van der Waals surface area contributed by atoms with E-state index in [1.165, 1.54) is 11.3 Å². The molecule has 0 saturated heterocycles. The molecule has 0 N–H and O–H groups in total. The van der Waals surface area contributed by atoms with Gasteiger partial charge in [-0.1, -0.05) is 11.6 Å². The van der Waals surface area contributed by atoms with Gasteiger partial charge in [-0.2, -0.15) is 0 Å². The molecule has 0 radical (unpaired) electrons. The van der Waals surface area contributed by atoms with Crippen LogP contribution in [0.15, 0.2) is 30.3 Å². The first-order valence-electron chi connectivity index (χ1n) is 7.12. The Hall–Kier alpha value is -1.92. The molecule has 1 aliphatic rings. The van der Waals surface area contributed by atoms with Crippen molar-refractivity contribution in [3.63, 3.8) is 0 Å². The molecule has 1 amide bonds. The lowest BCUT2D eigenvalue weighted by atomic mass is 10.3. The third-order valence-corrected chi connectivity index (χ3v) is 4.54. The zero-order valence-corrected chi connectivity index (χ0v) is 14.2. The molecule has 3 rings (SSSR count). The van der Waals surface area contributed by atoms with Gasteiger partial charge in [0.1, 0.15) is 19.0 Å². The monoisotopic (exact) mass is 353 g/mol. The molecule has 1 aliphatic heterocycles. The highest BCUT2D eigenvalue weighted by Crippen LogP contribution is 2.33. The van der Waals surface area contributed by atoms with Crippen molar-refractivity contribution in [1.82, 2.24) is 4.90 Å². The number of carbonyl (C=O) groups excluding carboxylic acids is 1. The van der Waals surface area contributed by atoms with Gasteiger partial charge in [0, 0.05) is 18.0 Å². The van der Waals surface area contributed by atoms with Crippen LogP contribution in [0.2, 0.25) is 4.34 Å². The number of rotatable bonds is 5. The van der Waals surface area contributed by atoms with Gasteiger partial charge in [0.15, 0.2) is 18.1 Å². The van der Waals surface area contributed by atoms with Crippen molar-refractivity contribution in [2.75, 3.05) is 26.9 Å². The Morgan fingerprint density at radius 3 is 2.78 bits per heavy atom. The maximum absolute atomic E-state index is 12.1. The summed E-state index contributed by atoms with van der Waals surface area (Å²) in [6.45, 7) is 1.54. The van der Waals surface area contributed by atoms with Gasteiger partial charge in [-0.15, -0.1) is 11.3 Å². The van der Waals surface area contributed by atoms with Crippen molar-refractivity contribution >= 4 is 28.8 Å². The van der Waals surface area contributed by atoms with Crippen LogP contribution >= 0.6 is 22.9 Å². The van der Waals surface area contributed by atoms with E-state index in [0.717, 1.165) is 4.88 Å². The van der Waals surface area contributed by atoms with Crippen LogP contribution in [-0.2, 0) is 11.3 Å². The molecule has 0 atom stereocenters. The molecule has 0 bridgehead atoms. The number of halogens is 1. The highest BCUT2D eigenvalue weighted by Gasteiger charge is 2.14. The lowest BCUT2D eigenvalue weighted by Crippen LogP contribution is -2.30. The second kappa shape index (κ2) is 7.10. The molecule has 0 saturated carbocycles. The number of nitrogens with zero attached hydrogens (tertiary/aromatic N) is 1. The van der Waals surface area contributed by atoms with Gasteiger partial charge in [0.2, 0.25) is 0 Å². The van der Waals surface area contributed by atoms with Crippen LogP contribution < -0.4 is 14.2 Å². The Kier molecular flexibility index (Phi) is 4.93. The number of ether oxygens (including phenoxy) is 3. The molecule has 23 heavy (non-hydrogen) atoms. The van der Waals surface area contributed by atoms with Crippen molar-refractivity contribution in [3.8, 4) is 17.2 Å². The van der Waals surface area contributed by atoms with Gasteiger partial charge in [-0.05, 0) is 24.3 Å². The molecule has 5 nitrogen and oxygen atoms in total. The first kappa shape index (κ1) is 16.0. The summed E-state index contributed by atoms with van der Waals surface area (Å²) < 4.78 is 17.2. The van der Waals surface area contributed by atoms with Crippen molar-refractivity contribution in [2.45, 2.75) is 6.54 Å². The quantitative estimate of drug-likeness (QED) is 0.828. The zero-order chi connectivity index (χ0) is 16.2. The number of fused-ring (bicyclic) bond motifs is 1. The van der Waals surface area contributed by atoms with E-state index in [1.54, 1.807) is 30.1 Å². The summed E-state index contributed by atoms with van der Waals surface area (Å²) in [5.41, 5.74) is 0. The fourth-order valence-electron chi connectivity index (χ4n) is 2.13. The molecule has 2 aromatic rings. The van der Waals surface area contributed by atoms with E-state index in [2.05, 4.69) is 0 Å². The zero-order valence-electron chi connectivity index (χ0n) is 12.6. The Labute approximate surface area is 143 Å². The molecule has 2 heterocycles. The molecule has 122 valence electrons. The smallest absolute Gasteiger partial charge is 0.260 e. The Morgan fingerprint density at radius 1 is 1.26 bits per heavy atom. The predicted molar refractivity (Wildman–Crippen MR) is 88.7 cm³/mol. The van der Waals surface area contributed by atoms with E-state index in [4.69, 9.17) is 25.8 Å². The minimum Gasteiger partial charge on any atom is -0.486 e. The number of carbonyl (C=O) groups is 1. The Bertz CT molecular complexity index is 703. The van der Waals surface area contributed by atoms with E-state index >= 15 is 0 Å². The van der Waals surface area contributed by atoms with Crippen LogP contribution in [0.4, 0.5) is 0 Å². The Balaban J connectivity index is 1.54. The Morgan fingerprint density at radius 2 is 2.04 bits per heavy atom. The average molecular weight is 354 g/mol. The van der Waals surface area contributed by atoms with Crippen molar-refractivity contribution in [3.05, 3.63) is 39.5 Å². The predicted octanol–water partition coefficient (Wildman–Crippen LogP) is 3.21. The largest absolute Gasteiger partial charge is 0.486 e. The van der Waals surface area contributed by atoms with Crippen molar-refractivity contribution < 1.29 is 19.0 Å². The minimum absolute atomic E-state index is 0.0325. The summed E-state index contributed by atoms with van der Waals surface area (Å²) in [6, 6.07) is 9.02. The molecule has 0 unspecified atom stereocenters. The van der Waals surface area contributed by atoms with E-state index in [1.807, 2.05) is 12.1 Å². The van der Waals surface area contributed by atoms with Crippen LogP contribution in [0.3, 0.4) is 0 Å². The van der Waals surface area contributed by atoms with E-state index in [9.17, 15) is 4.79 Å². The van der Waals surface area contributed by atoms with E-state index in [-0.39, 0.29) is 12.5 Å². The molecule has 1 aromatic heterocycles. The average Bonchev–Trinajstić information content (AvgIpc) is 2.97. The fourth-order valence-corrected chi connectivity index (χ4v) is 3.27. The van der Waals surface area contributed by atoms with E-state index < -0.39 is 0 Å². The first-order chi connectivity index (χ1) is 11.1. The summed E-state index contributed by atoms with van der Waals surface area (Å²) in [5.74, 6) is 1.81. The number of hydrogen-bond acceptors (Lipinski definition) is 5. The number of thiophene rings is 1. The van der Waals surface area contributed by atoms with Gasteiger partial charge in [-0.25, -0.2) is 0 Å². The maximum Gasteiger partial charge on any atom is 0.260 e. The van der Waals surface area contributed by atoms with Crippen LogP contribution in [0, 0.1) is 0 Å². The number of benzene rings is 1.